The molecule has 0 amide bonds. The first-order chi connectivity index (χ1) is 7.11. The van der Waals surface area contributed by atoms with E-state index in [1.165, 1.54) is 0 Å². The van der Waals surface area contributed by atoms with Crippen LogP contribution in [-0.2, 0) is 6.42 Å². The normalized spacial score (nSPS) is 9.73. The molecule has 0 fully saturated rings. The van der Waals surface area contributed by atoms with E-state index in [0.717, 1.165) is 11.1 Å². The summed E-state index contributed by atoms with van der Waals surface area (Å²) in [6.07, 6.45) is 0.282. The highest BCUT2D eigenvalue weighted by molar-refractivity contribution is 6.32. The maximum Gasteiger partial charge on any atom is 0.0995 e. The number of benzene rings is 1. The van der Waals surface area contributed by atoms with Gasteiger partial charge >= 0.3 is 0 Å². The summed E-state index contributed by atoms with van der Waals surface area (Å²) < 4.78 is 0. The van der Waals surface area contributed by atoms with Crippen molar-refractivity contribution < 1.29 is 0 Å². The van der Waals surface area contributed by atoms with Crippen LogP contribution < -0.4 is 0 Å². The minimum absolute atomic E-state index is 0.186. The van der Waals surface area contributed by atoms with Crippen LogP contribution in [0.3, 0.4) is 0 Å². The van der Waals surface area contributed by atoms with Crippen molar-refractivity contribution >= 4 is 11.6 Å². The standard InChI is InChI=1S/C12H11ClN2/c1-8(2)11-10(7-15)4-3-9(5-6-14)12(11)13/h3-4,8H,5H2,1-2H3. The van der Waals surface area contributed by atoms with Gasteiger partial charge in [-0.05, 0) is 23.1 Å². The average Bonchev–Trinajstić information content (AvgIpc) is 2.20. The fourth-order valence-corrected chi connectivity index (χ4v) is 1.97. The topological polar surface area (TPSA) is 47.6 Å². The second-order valence-electron chi connectivity index (χ2n) is 3.60. The van der Waals surface area contributed by atoms with E-state index in [2.05, 4.69) is 12.1 Å². The van der Waals surface area contributed by atoms with Crippen molar-refractivity contribution in [1.29, 1.82) is 10.5 Å². The fourth-order valence-electron chi connectivity index (χ4n) is 1.52. The lowest BCUT2D eigenvalue weighted by atomic mass is 9.94. The summed E-state index contributed by atoms with van der Waals surface area (Å²) in [7, 11) is 0. The third kappa shape index (κ3) is 2.29. The highest BCUT2D eigenvalue weighted by Gasteiger charge is 2.14. The second-order valence-corrected chi connectivity index (χ2v) is 3.98. The van der Waals surface area contributed by atoms with Gasteiger partial charge < -0.3 is 0 Å². The van der Waals surface area contributed by atoms with Gasteiger partial charge in [0.2, 0.25) is 0 Å². The zero-order chi connectivity index (χ0) is 11.4. The van der Waals surface area contributed by atoms with Crippen LogP contribution in [0.2, 0.25) is 5.02 Å². The molecule has 0 aliphatic carbocycles. The van der Waals surface area contributed by atoms with E-state index in [1.807, 2.05) is 13.8 Å². The average molecular weight is 219 g/mol. The molecule has 0 spiro atoms. The maximum absolute atomic E-state index is 8.94. The second kappa shape index (κ2) is 4.82. The van der Waals surface area contributed by atoms with Gasteiger partial charge in [0.1, 0.15) is 0 Å². The lowest BCUT2D eigenvalue weighted by Gasteiger charge is -2.12. The van der Waals surface area contributed by atoms with Crippen molar-refractivity contribution in [2.24, 2.45) is 0 Å². The Hall–Kier alpha value is -1.51. The number of nitrogens with zero attached hydrogens (tertiary/aromatic N) is 2. The molecule has 0 N–H and O–H groups in total. The number of halogens is 1. The molecule has 0 unspecified atom stereocenters. The number of hydrogen-bond acceptors (Lipinski definition) is 2. The third-order valence-electron chi connectivity index (χ3n) is 2.23. The smallest absolute Gasteiger partial charge is 0.0995 e. The lowest BCUT2D eigenvalue weighted by Crippen LogP contribution is -1.98. The van der Waals surface area contributed by atoms with E-state index in [-0.39, 0.29) is 12.3 Å². The Morgan fingerprint density at radius 1 is 1.33 bits per heavy atom. The lowest BCUT2D eigenvalue weighted by molar-refractivity contribution is 0.860. The highest BCUT2D eigenvalue weighted by atomic mass is 35.5. The third-order valence-corrected chi connectivity index (χ3v) is 2.67. The number of hydrogen-bond donors (Lipinski definition) is 0. The van der Waals surface area contributed by atoms with E-state index in [9.17, 15) is 0 Å². The zero-order valence-electron chi connectivity index (χ0n) is 8.71. The summed E-state index contributed by atoms with van der Waals surface area (Å²) in [6.45, 7) is 3.97. The summed E-state index contributed by atoms with van der Waals surface area (Å²) in [5.41, 5.74) is 2.23. The van der Waals surface area contributed by atoms with Gasteiger partial charge in [0.05, 0.1) is 24.1 Å². The maximum atomic E-state index is 8.94. The van der Waals surface area contributed by atoms with Gasteiger partial charge in [-0.3, -0.25) is 0 Å². The molecule has 1 aromatic rings. The summed E-state index contributed by atoms with van der Waals surface area (Å²) in [6, 6.07) is 7.66. The van der Waals surface area contributed by atoms with Crippen LogP contribution in [0.25, 0.3) is 0 Å². The van der Waals surface area contributed by atoms with Crippen molar-refractivity contribution in [3.8, 4) is 12.1 Å². The van der Waals surface area contributed by atoms with Gasteiger partial charge in [-0.2, -0.15) is 10.5 Å². The van der Waals surface area contributed by atoms with Gasteiger partial charge in [0, 0.05) is 5.02 Å². The van der Waals surface area contributed by atoms with Gasteiger partial charge in [-0.15, -0.1) is 0 Å². The number of nitriles is 2. The summed E-state index contributed by atoms with van der Waals surface area (Å²) in [5, 5.41) is 18.1. The predicted octanol–water partition coefficient (Wildman–Crippen LogP) is 3.40. The van der Waals surface area contributed by atoms with Crippen LogP contribution in [0.4, 0.5) is 0 Å². The van der Waals surface area contributed by atoms with Crippen LogP contribution in [-0.4, -0.2) is 0 Å². The van der Waals surface area contributed by atoms with Crippen LogP contribution in [0.15, 0.2) is 12.1 Å². The van der Waals surface area contributed by atoms with Crippen molar-refractivity contribution in [3.63, 3.8) is 0 Å². The first kappa shape index (κ1) is 11.6. The SMILES string of the molecule is CC(C)c1c(C#N)ccc(CC#N)c1Cl. The fraction of sp³-hybridized carbons (Fsp3) is 0.333. The first-order valence-corrected chi connectivity index (χ1v) is 5.08. The molecule has 0 saturated carbocycles. The van der Waals surface area contributed by atoms with E-state index < -0.39 is 0 Å². The molecule has 0 saturated heterocycles. The summed E-state index contributed by atoms with van der Waals surface area (Å²) in [4.78, 5) is 0. The molecule has 1 rings (SSSR count). The molecule has 0 radical (unpaired) electrons. The van der Waals surface area contributed by atoms with Gasteiger partial charge in [-0.25, -0.2) is 0 Å². The molecule has 3 heteroatoms. The van der Waals surface area contributed by atoms with E-state index in [1.54, 1.807) is 12.1 Å². The largest absolute Gasteiger partial charge is 0.198 e. The molecule has 15 heavy (non-hydrogen) atoms. The van der Waals surface area contributed by atoms with Crippen LogP contribution in [0.5, 0.6) is 0 Å². The van der Waals surface area contributed by atoms with Gasteiger partial charge in [0.15, 0.2) is 0 Å². The van der Waals surface area contributed by atoms with Crippen LogP contribution in [0.1, 0.15) is 36.5 Å². The highest BCUT2D eigenvalue weighted by Crippen LogP contribution is 2.30. The van der Waals surface area contributed by atoms with Gasteiger partial charge in [-0.1, -0.05) is 31.5 Å². The first-order valence-electron chi connectivity index (χ1n) is 4.70. The molecule has 2 nitrogen and oxygen atoms in total. The Balaban J connectivity index is 3.39. The quantitative estimate of drug-likeness (QED) is 0.764. The molecule has 76 valence electrons. The van der Waals surface area contributed by atoms with E-state index in [4.69, 9.17) is 22.1 Å². The van der Waals surface area contributed by atoms with Crippen molar-refractivity contribution in [2.75, 3.05) is 0 Å². The van der Waals surface area contributed by atoms with Crippen LogP contribution in [0, 0.1) is 22.7 Å². The monoisotopic (exact) mass is 218 g/mol. The van der Waals surface area contributed by atoms with E-state index in [0.29, 0.717) is 10.6 Å². The van der Waals surface area contributed by atoms with E-state index >= 15 is 0 Å². The molecular weight excluding hydrogens is 208 g/mol. The van der Waals surface area contributed by atoms with Crippen molar-refractivity contribution in [3.05, 3.63) is 33.8 Å². The molecule has 0 aliphatic heterocycles. The summed E-state index contributed by atoms with van der Waals surface area (Å²) >= 11 is 6.16. The molecule has 0 atom stereocenters. The van der Waals surface area contributed by atoms with Crippen molar-refractivity contribution in [2.45, 2.75) is 26.2 Å². The molecular formula is C12H11ClN2. The van der Waals surface area contributed by atoms with Gasteiger partial charge in [0.25, 0.3) is 0 Å². The van der Waals surface area contributed by atoms with Crippen molar-refractivity contribution in [1.82, 2.24) is 0 Å². The summed E-state index contributed by atoms with van der Waals surface area (Å²) in [5.74, 6) is 0.186. The Bertz CT molecular complexity index is 450. The Morgan fingerprint density at radius 3 is 2.47 bits per heavy atom. The molecule has 1 aromatic carbocycles. The zero-order valence-corrected chi connectivity index (χ0v) is 9.47. The molecule has 0 bridgehead atoms. The Morgan fingerprint density at radius 2 is 2.00 bits per heavy atom. The van der Waals surface area contributed by atoms with Crippen LogP contribution >= 0.6 is 11.6 Å². The molecule has 0 aromatic heterocycles. The number of rotatable bonds is 2. The Kier molecular flexibility index (Phi) is 3.72. The minimum Gasteiger partial charge on any atom is -0.198 e. The predicted molar refractivity (Wildman–Crippen MR) is 59.6 cm³/mol. The molecule has 0 heterocycles. The minimum atomic E-state index is 0.186. The Labute approximate surface area is 94.7 Å². The molecule has 0 aliphatic rings.